The quantitative estimate of drug-likeness (QED) is 0.588. The van der Waals surface area contributed by atoms with Gasteiger partial charge in [-0.05, 0) is 12.1 Å². The second kappa shape index (κ2) is 2.20. The minimum Gasteiger partial charge on any atom is -0.465 e. The van der Waals surface area contributed by atoms with Crippen molar-refractivity contribution in [3.05, 3.63) is 24.2 Å². The van der Waals surface area contributed by atoms with Gasteiger partial charge in [0.1, 0.15) is 5.76 Å². The summed E-state index contributed by atoms with van der Waals surface area (Å²) in [4.78, 5) is 0. The van der Waals surface area contributed by atoms with Crippen LogP contribution in [0.1, 0.15) is 11.3 Å². The molecule has 0 spiro atoms. The Kier molecular flexibility index (Phi) is 1.56. The predicted octanol–water partition coefficient (Wildman–Crippen LogP) is 1.51. The molecule has 0 radical (unpaired) electrons. The van der Waals surface area contributed by atoms with Crippen molar-refractivity contribution in [1.29, 1.82) is 0 Å². The first-order chi connectivity index (χ1) is 3.80. The lowest BCUT2D eigenvalue weighted by Crippen LogP contribution is -1.80. The molecule has 1 rings (SSSR count). The van der Waals surface area contributed by atoms with Crippen molar-refractivity contribution < 1.29 is 9.52 Å². The molecule has 3 heteroatoms. The monoisotopic (exact) mass is 132 g/mol. The second-order valence-electron chi connectivity index (χ2n) is 1.35. The highest BCUT2D eigenvalue weighted by Crippen LogP contribution is 2.15. The molecule has 0 aliphatic rings. The van der Waals surface area contributed by atoms with E-state index in [1.165, 1.54) is 6.26 Å². The molecule has 0 saturated carbocycles. The second-order valence-corrected chi connectivity index (χ2v) is 1.76. The van der Waals surface area contributed by atoms with Crippen molar-refractivity contribution in [3.8, 4) is 0 Å². The Bertz CT molecular complexity index is 145. The molecule has 0 saturated heterocycles. The van der Waals surface area contributed by atoms with Crippen LogP contribution in [-0.2, 0) is 0 Å². The maximum Gasteiger partial charge on any atom is 0.186 e. The Morgan fingerprint density at radius 1 is 1.75 bits per heavy atom. The van der Waals surface area contributed by atoms with Crippen molar-refractivity contribution >= 4 is 11.6 Å². The molecule has 0 aromatic carbocycles. The van der Waals surface area contributed by atoms with Gasteiger partial charge in [-0.3, -0.25) is 0 Å². The molecule has 1 N–H and O–H groups in total. The predicted molar refractivity (Wildman–Crippen MR) is 29.5 cm³/mol. The van der Waals surface area contributed by atoms with Crippen molar-refractivity contribution in [2.75, 3.05) is 0 Å². The summed E-state index contributed by atoms with van der Waals surface area (Å²) in [5, 5.41) is 8.58. The highest BCUT2D eigenvalue weighted by Gasteiger charge is 2.02. The number of hydrogen-bond acceptors (Lipinski definition) is 2. The number of aliphatic hydroxyl groups excluding tert-OH is 1. The Morgan fingerprint density at radius 3 is 2.75 bits per heavy atom. The number of rotatable bonds is 1. The summed E-state index contributed by atoms with van der Waals surface area (Å²) in [7, 11) is 0. The van der Waals surface area contributed by atoms with Gasteiger partial charge in [-0.25, -0.2) is 0 Å². The van der Waals surface area contributed by atoms with E-state index in [1.54, 1.807) is 12.1 Å². The van der Waals surface area contributed by atoms with Crippen molar-refractivity contribution in [2.24, 2.45) is 0 Å². The Hall–Kier alpha value is -0.470. The van der Waals surface area contributed by atoms with Gasteiger partial charge in [0.25, 0.3) is 0 Å². The third-order valence-corrected chi connectivity index (χ3v) is 0.993. The average Bonchev–Trinajstić information content (AvgIpc) is 2.12. The van der Waals surface area contributed by atoms with Gasteiger partial charge in [0, 0.05) is 0 Å². The third kappa shape index (κ3) is 1.02. The summed E-state index contributed by atoms with van der Waals surface area (Å²) in [5.74, 6) is 0.381. The van der Waals surface area contributed by atoms with Crippen molar-refractivity contribution in [3.63, 3.8) is 0 Å². The smallest absolute Gasteiger partial charge is 0.186 e. The molecule has 0 fully saturated rings. The summed E-state index contributed by atoms with van der Waals surface area (Å²) in [5.41, 5.74) is -1.01. The van der Waals surface area contributed by atoms with Gasteiger partial charge in [-0.2, -0.15) is 0 Å². The van der Waals surface area contributed by atoms with Crippen LogP contribution in [0, 0.1) is 0 Å². The van der Waals surface area contributed by atoms with Gasteiger partial charge in [-0.15, -0.1) is 0 Å². The summed E-state index contributed by atoms with van der Waals surface area (Å²) in [6.07, 6.45) is 1.46. The van der Waals surface area contributed by atoms with Crippen LogP contribution in [0.25, 0.3) is 0 Å². The molecule has 0 aliphatic heterocycles. The fourth-order valence-electron chi connectivity index (χ4n) is 0.427. The highest BCUT2D eigenvalue weighted by atomic mass is 35.5. The molecule has 1 aromatic heterocycles. The molecular formula is C5H5ClO2. The summed E-state index contributed by atoms with van der Waals surface area (Å²) < 4.78 is 4.71. The minimum atomic E-state index is -1.01. The minimum absolute atomic E-state index is 0.381. The molecule has 0 bridgehead atoms. The number of hydrogen-bond donors (Lipinski definition) is 1. The first-order valence-electron chi connectivity index (χ1n) is 2.16. The van der Waals surface area contributed by atoms with E-state index in [2.05, 4.69) is 0 Å². The summed E-state index contributed by atoms with van der Waals surface area (Å²) in [6, 6.07) is 3.28. The van der Waals surface area contributed by atoms with E-state index >= 15 is 0 Å². The molecule has 44 valence electrons. The summed E-state index contributed by atoms with van der Waals surface area (Å²) in [6.45, 7) is 0. The van der Waals surface area contributed by atoms with E-state index in [0.29, 0.717) is 5.76 Å². The molecule has 2 nitrogen and oxygen atoms in total. The van der Waals surface area contributed by atoms with Crippen LogP contribution in [-0.4, -0.2) is 5.11 Å². The van der Waals surface area contributed by atoms with E-state index in [1.807, 2.05) is 0 Å². The molecule has 1 unspecified atom stereocenters. The molecule has 0 amide bonds. The Labute approximate surface area is 51.7 Å². The third-order valence-electron chi connectivity index (χ3n) is 0.778. The number of aliphatic hydroxyl groups is 1. The van der Waals surface area contributed by atoms with E-state index < -0.39 is 5.56 Å². The van der Waals surface area contributed by atoms with Crippen molar-refractivity contribution in [1.82, 2.24) is 0 Å². The van der Waals surface area contributed by atoms with Gasteiger partial charge in [0.05, 0.1) is 6.26 Å². The fraction of sp³-hybridized carbons (Fsp3) is 0.200. The topological polar surface area (TPSA) is 33.4 Å². The zero-order valence-electron chi connectivity index (χ0n) is 4.04. The fourth-order valence-corrected chi connectivity index (χ4v) is 0.551. The molecule has 0 aliphatic carbocycles. The lowest BCUT2D eigenvalue weighted by Gasteiger charge is -1.91. The zero-order valence-corrected chi connectivity index (χ0v) is 4.80. The molecular weight excluding hydrogens is 128 g/mol. The largest absolute Gasteiger partial charge is 0.465 e. The highest BCUT2D eigenvalue weighted by molar-refractivity contribution is 6.19. The van der Waals surface area contributed by atoms with Crippen LogP contribution in [0.5, 0.6) is 0 Å². The van der Waals surface area contributed by atoms with Crippen LogP contribution >= 0.6 is 11.6 Å². The van der Waals surface area contributed by atoms with Crippen LogP contribution in [0.15, 0.2) is 22.8 Å². The molecule has 8 heavy (non-hydrogen) atoms. The normalized spacial score (nSPS) is 13.8. The molecule has 1 heterocycles. The van der Waals surface area contributed by atoms with Gasteiger partial charge >= 0.3 is 0 Å². The molecule has 1 aromatic rings. The zero-order chi connectivity index (χ0) is 5.98. The van der Waals surface area contributed by atoms with Crippen LogP contribution in [0.2, 0.25) is 0 Å². The Morgan fingerprint density at radius 2 is 2.50 bits per heavy atom. The summed E-state index contributed by atoms with van der Waals surface area (Å²) >= 11 is 5.21. The standard InChI is InChI=1S/C5H5ClO2/c6-5(7)4-2-1-3-8-4/h1-3,5,7H. The van der Waals surface area contributed by atoms with E-state index in [9.17, 15) is 0 Å². The van der Waals surface area contributed by atoms with Gasteiger partial charge in [0.2, 0.25) is 0 Å². The SMILES string of the molecule is OC(Cl)c1ccco1. The Balaban J connectivity index is 2.77. The molecule has 1 atom stereocenters. The first-order valence-corrected chi connectivity index (χ1v) is 2.60. The van der Waals surface area contributed by atoms with Gasteiger partial charge in [0.15, 0.2) is 5.56 Å². The van der Waals surface area contributed by atoms with Gasteiger partial charge < -0.3 is 9.52 Å². The average molecular weight is 133 g/mol. The first kappa shape index (κ1) is 5.66. The van der Waals surface area contributed by atoms with Crippen LogP contribution < -0.4 is 0 Å². The number of halogens is 1. The maximum atomic E-state index is 8.58. The lowest BCUT2D eigenvalue weighted by atomic mass is 10.5. The number of alkyl halides is 1. The van der Waals surface area contributed by atoms with Crippen LogP contribution in [0.4, 0.5) is 0 Å². The van der Waals surface area contributed by atoms with Crippen LogP contribution in [0.3, 0.4) is 0 Å². The maximum absolute atomic E-state index is 8.58. The van der Waals surface area contributed by atoms with E-state index in [0.717, 1.165) is 0 Å². The van der Waals surface area contributed by atoms with Gasteiger partial charge in [-0.1, -0.05) is 11.6 Å². The van der Waals surface area contributed by atoms with E-state index in [4.69, 9.17) is 21.1 Å². The van der Waals surface area contributed by atoms with Crippen molar-refractivity contribution in [2.45, 2.75) is 5.56 Å². The van der Waals surface area contributed by atoms with E-state index in [-0.39, 0.29) is 0 Å². The lowest BCUT2D eigenvalue weighted by molar-refractivity contribution is 0.229. The number of furan rings is 1.